The van der Waals surface area contributed by atoms with Crippen molar-refractivity contribution in [2.75, 3.05) is 6.61 Å². The maximum Gasteiger partial charge on any atom is 0.347 e. The Labute approximate surface area is 92.2 Å². The first-order valence-electron chi connectivity index (χ1n) is 4.71. The summed E-state index contributed by atoms with van der Waals surface area (Å²) in [7, 11) is 0. The molecule has 1 saturated heterocycles. The van der Waals surface area contributed by atoms with Crippen molar-refractivity contribution in [1.82, 2.24) is 0 Å². The molecule has 0 saturated carbocycles. The summed E-state index contributed by atoms with van der Waals surface area (Å²) >= 11 is 0. The average molecular weight is 228 g/mol. The molecular weight excluding hydrogens is 216 g/mol. The standard InChI is InChI=1S/C10H12O6/c1-3-7(11)14-5-9(13)16-10-6(2)4-8(12)15-10/h3,6,10H,1,4-5H2,2H3. The lowest BCUT2D eigenvalue weighted by Crippen LogP contribution is -2.25. The second-order valence-electron chi connectivity index (χ2n) is 3.34. The molecule has 6 heteroatoms. The van der Waals surface area contributed by atoms with Crippen LogP contribution in [0.1, 0.15) is 13.3 Å². The van der Waals surface area contributed by atoms with E-state index in [2.05, 4.69) is 11.3 Å². The molecule has 1 fully saturated rings. The first-order valence-corrected chi connectivity index (χ1v) is 4.71. The van der Waals surface area contributed by atoms with E-state index in [0.717, 1.165) is 6.08 Å². The van der Waals surface area contributed by atoms with Gasteiger partial charge < -0.3 is 14.2 Å². The van der Waals surface area contributed by atoms with E-state index in [1.165, 1.54) is 0 Å². The third kappa shape index (κ3) is 3.38. The summed E-state index contributed by atoms with van der Waals surface area (Å²) in [4.78, 5) is 32.6. The predicted molar refractivity (Wildman–Crippen MR) is 50.9 cm³/mol. The normalized spacial score (nSPS) is 23.4. The fourth-order valence-electron chi connectivity index (χ4n) is 1.15. The first kappa shape index (κ1) is 12.2. The topological polar surface area (TPSA) is 78.9 Å². The van der Waals surface area contributed by atoms with Crippen molar-refractivity contribution in [2.24, 2.45) is 5.92 Å². The minimum Gasteiger partial charge on any atom is -0.451 e. The molecule has 0 aromatic carbocycles. The number of carbonyl (C=O) groups is 3. The van der Waals surface area contributed by atoms with Gasteiger partial charge in [-0.2, -0.15) is 0 Å². The van der Waals surface area contributed by atoms with Gasteiger partial charge in [-0.25, -0.2) is 9.59 Å². The molecule has 0 N–H and O–H groups in total. The number of hydrogen-bond donors (Lipinski definition) is 0. The number of hydrogen-bond acceptors (Lipinski definition) is 6. The maximum absolute atomic E-state index is 11.1. The minimum atomic E-state index is -0.887. The Hall–Kier alpha value is -1.85. The molecule has 2 unspecified atom stereocenters. The SMILES string of the molecule is C=CC(=O)OCC(=O)OC1OC(=O)CC1C. The average Bonchev–Trinajstić information content (AvgIpc) is 2.54. The lowest BCUT2D eigenvalue weighted by Gasteiger charge is -2.14. The first-order chi connectivity index (χ1) is 7.52. The summed E-state index contributed by atoms with van der Waals surface area (Å²) in [5.41, 5.74) is 0. The summed E-state index contributed by atoms with van der Waals surface area (Å²) in [5, 5.41) is 0. The highest BCUT2D eigenvalue weighted by molar-refractivity contribution is 5.83. The van der Waals surface area contributed by atoms with E-state index in [9.17, 15) is 14.4 Å². The fraction of sp³-hybridized carbons (Fsp3) is 0.500. The van der Waals surface area contributed by atoms with Gasteiger partial charge in [0.15, 0.2) is 6.61 Å². The largest absolute Gasteiger partial charge is 0.451 e. The van der Waals surface area contributed by atoms with Crippen molar-refractivity contribution in [3.8, 4) is 0 Å². The minimum absolute atomic E-state index is 0.188. The number of rotatable bonds is 4. The maximum atomic E-state index is 11.1. The molecule has 1 heterocycles. The summed E-state index contributed by atoms with van der Waals surface area (Å²) < 4.78 is 14.0. The third-order valence-electron chi connectivity index (χ3n) is 1.95. The van der Waals surface area contributed by atoms with Gasteiger partial charge >= 0.3 is 17.9 Å². The number of esters is 3. The number of cyclic esters (lactones) is 1. The molecule has 0 spiro atoms. The molecule has 0 bridgehead atoms. The zero-order chi connectivity index (χ0) is 12.1. The highest BCUT2D eigenvalue weighted by atomic mass is 16.7. The van der Waals surface area contributed by atoms with Crippen molar-refractivity contribution < 1.29 is 28.6 Å². The van der Waals surface area contributed by atoms with Crippen LogP contribution in [0, 0.1) is 5.92 Å². The molecule has 0 amide bonds. The molecule has 0 aromatic rings. The van der Waals surface area contributed by atoms with Crippen LogP contribution in [0.15, 0.2) is 12.7 Å². The van der Waals surface area contributed by atoms with Gasteiger partial charge in [0, 0.05) is 12.0 Å². The van der Waals surface area contributed by atoms with Crippen LogP contribution in [0.3, 0.4) is 0 Å². The number of ether oxygens (including phenoxy) is 3. The lowest BCUT2D eigenvalue weighted by molar-refractivity contribution is -0.185. The molecule has 16 heavy (non-hydrogen) atoms. The Morgan fingerprint density at radius 2 is 2.31 bits per heavy atom. The third-order valence-corrected chi connectivity index (χ3v) is 1.95. The zero-order valence-corrected chi connectivity index (χ0v) is 8.80. The molecule has 0 radical (unpaired) electrons. The quantitative estimate of drug-likeness (QED) is 0.504. The van der Waals surface area contributed by atoms with Gasteiger partial charge in [0.25, 0.3) is 6.29 Å². The molecule has 88 valence electrons. The summed E-state index contributed by atoms with van der Waals surface area (Å²) in [6.07, 6.45) is 0.262. The van der Waals surface area contributed by atoms with Crippen LogP contribution < -0.4 is 0 Å². The highest BCUT2D eigenvalue weighted by Gasteiger charge is 2.34. The molecule has 6 nitrogen and oxygen atoms in total. The second kappa shape index (κ2) is 5.29. The second-order valence-corrected chi connectivity index (χ2v) is 3.34. The van der Waals surface area contributed by atoms with Crippen LogP contribution in [0.2, 0.25) is 0 Å². The molecule has 0 aliphatic carbocycles. The van der Waals surface area contributed by atoms with E-state index in [-0.39, 0.29) is 12.3 Å². The Morgan fingerprint density at radius 3 is 2.81 bits per heavy atom. The van der Waals surface area contributed by atoms with Gasteiger partial charge in [-0.15, -0.1) is 0 Å². The summed E-state index contributed by atoms with van der Waals surface area (Å²) in [6, 6.07) is 0. The highest BCUT2D eigenvalue weighted by Crippen LogP contribution is 2.22. The zero-order valence-electron chi connectivity index (χ0n) is 8.80. The van der Waals surface area contributed by atoms with Gasteiger partial charge in [0.05, 0.1) is 6.42 Å². The summed E-state index contributed by atoms with van der Waals surface area (Å²) in [5.74, 6) is -2.07. The van der Waals surface area contributed by atoms with Crippen LogP contribution in [-0.4, -0.2) is 30.8 Å². The van der Waals surface area contributed by atoms with Crippen LogP contribution >= 0.6 is 0 Å². The Bertz CT molecular complexity index is 321. The van der Waals surface area contributed by atoms with Gasteiger partial charge in [-0.05, 0) is 0 Å². The van der Waals surface area contributed by atoms with Crippen molar-refractivity contribution >= 4 is 17.9 Å². The van der Waals surface area contributed by atoms with E-state index in [1.807, 2.05) is 0 Å². The lowest BCUT2D eigenvalue weighted by atomic mass is 10.1. The smallest absolute Gasteiger partial charge is 0.347 e. The Morgan fingerprint density at radius 1 is 1.62 bits per heavy atom. The summed E-state index contributed by atoms with van der Waals surface area (Å²) in [6.45, 7) is 4.37. The van der Waals surface area contributed by atoms with Crippen molar-refractivity contribution in [1.29, 1.82) is 0 Å². The van der Waals surface area contributed by atoms with E-state index < -0.39 is 30.8 Å². The van der Waals surface area contributed by atoms with Gasteiger partial charge in [0.1, 0.15) is 0 Å². The molecule has 2 atom stereocenters. The van der Waals surface area contributed by atoms with Crippen LogP contribution in [-0.2, 0) is 28.6 Å². The van der Waals surface area contributed by atoms with E-state index in [0.29, 0.717) is 0 Å². The van der Waals surface area contributed by atoms with Crippen LogP contribution in [0.25, 0.3) is 0 Å². The van der Waals surface area contributed by atoms with E-state index in [1.54, 1.807) is 6.92 Å². The van der Waals surface area contributed by atoms with Gasteiger partial charge in [0.2, 0.25) is 0 Å². The van der Waals surface area contributed by atoms with Crippen LogP contribution in [0.5, 0.6) is 0 Å². The van der Waals surface area contributed by atoms with Crippen molar-refractivity contribution in [2.45, 2.75) is 19.6 Å². The monoisotopic (exact) mass is 228 g/mol. The Kier molecular flexibility index (Phi) is 4.04. The molecule has 1 rings (SSSR count). The van der Waals surface area contributed by atoms with Crippen LogP contribution in [0.4, 0.5) is 0 Å². The van der Waals surface area contributed by atoms with Crippen molar-refractivity contribution in [3.05, 3.63) is 12.7 Å². The predicted octanol–water partition coefficient (Wildman–Crippen LogP) is 0.168. The molecule has 1 aliphatic rings. The number of carbonyl (C=O) groups excluding carboxylic acids is 3. The Balaban J connectivity index is 2.31. The van der Waals surface area contributed by atoms with Crippen molar-refractivity contribution in [3.63, 3.8) is 0 Å². The van der Waals surface area contributed by atoms with Gasteiger partial charge in [-0.3, -0.25) is 4.79 Å². The van der Waals surface area contributed by atoms with E-state index >= 15 is 0 Å². The van der Waals surface area contributed by atoms with E-state index in [4.69, 9.17) is 9.47 Å². The molecule has 1 aliphatic heterocycles. The molecular formula is C10H12O6. The molecule has 0 aromatic heterocycles. The fourth-order valence-corrected chi connectivity index (χ4v) is 1.15. The van der Waals surface area contributed by atoms with Gasteiger partial charge in [-0.1, -0.05) is 13.5 Å².